The van der Waals surface area contributed by atoms with Crippen LogP contribution in [-0.4, -0.2) is 23.7 Å². The van der Waals surface area contributed by atoms with Gasteiger partial charge < -0.3 is 10.4 Å². The number of aliphatic hydroxyl groups is 1. The number of carbonyl (C=O) groups is 1. The molecular formula is C14H17F2NO2. The van der Waals surface area contributed by atoms with Crippen LogP contribution in [0.4, 0.5) is 8.78 Å². The van der Waals surface area contributed by atoms with Crippen LogP contribution in [0.15, 0.2) is 18.2 Å². The zero-order chi connectivity index (χ0) is 13.8. The minimum atomic E-state index is -0.719. The second kappa shape index (κ2) is 6.10. The third kappa shape index (κ3) is 3.50. The van der Waals surface area contributed by atoms with Crippen molar-refractivity contribution in [1.29, 1.82) is 0 Å². The Morgan fingerprint density at radius 2 is 1.95 bits per heavy atom. The summed E-state index contributed by atoms with van der Waals surface area (Å²) < 4.78 is 26.4. The number of hydrogen-bond acceptors (Lipinski definition) is 2. The molecule has 0 aromatic heterocycles. The smallest absolute Gasteiger partial charge is 0.254 e. The summed E-state index contributed by atoms with van der Waals surface area (Å²) in [4.78, 5) is 11.9. The first-order chi connectivity index (χ1) is 9.10. The minimum absolute atomic E-state index is 0.0297. The summed E-state index contributed by atoms with van der Waals surface area (Å²) in [7, 11) is 0. The maximum atomic E-state index is 13.4. The number of nitrogens with one attached hydrogen (secondary N) is 1. The van der Waals surface area contributed by atoms with Crippen molar-refractivity contribution in [2.24, 2.45) is 5.92 Å². The fourth-order valence-electron chi connectivity index (χ4n) is 2.42. The lowest BCUT2D eigenvalue weighted by molar-refractivity contribution is 0.0909. The Morgan fingerprint density at radius 1 is 1.26 bits per heavy atom. The number of aliphatic hydroxyl groups excluding tert-OH is 1. The SMILES string of the molecule is O=C(NC1CCC(CO)CC1)c1cc(F)ccc1F. The molecule has 104 valence electrons. The molecule has 1 aromatic carbocycles. The van der Waals surface area contributed by atoms with Crippen LogP contribution in [-0.2, 0) is 0 Å². The van der Waals surface area contributed by atoms with Crippen molar-refractivity contribution in [2.75, 3.05) is 6.61 Å². The first-order valence-electron chi connectivity index (χ1n) is 6.47. The second-order valence-electron chi connectivity index (χ2n) is 5.00. The van der Waals surface area contributed by atoms with E-state index in [0.29, 0.717) is 5.92 Å². The van der Waals surface area contributed by atoms with Crippen LogP contribution in [0, 0.1) is 17.6 Å². The molecule has 1 fully saturated rings. The molecule has 0 unspecified atom stereocenters. The molecule has 0 spiro atoms. The van der Waals surface area contributed by atoms with Gasteiger partial charge in [0.25, 0.3) is 5.91 Å². The maximum absolute atomic E-state index is 13.4. The van der Waals surface area contributed by atoms with E-state index in [4.69, 9.17) is 5.11 Å². The third-order valence-electron chi connectivity index (χ3n) is 3.61. The number of hydrogen-bond donors (Lipinski definition) is 2. The van der Waals surface area contributed by atoms with Crippen molar-refractivity contribution in [3.8, 4) is 0 Å². The summed E-state index contributed by atoms with van der Waals surface area (Å²) in [5, 5.41) is 11.7. The number of benzene rings is 1. The molecule has 0 aliphatic heterocycles. The quantitative estimate of drug-likeness (QED) is 0.884. The summed E-state index contributed by atoms with van der Waals surface area (Å²) in [6.45, 7) is 0.166. The van der Waals surface area contributed by atoms with E-state index >= 15 is 0 Å². The highest BCUT2D eigenvalue weighted by Gasteiger charge is 2.23. The lowest BCUT2D eigenvalue weighted by Gasteiger charge is -2.28. The molecule has 1 saturated carbocycles. The topological polar surface area (TPSA) is 49.3 Å². The molecule has 19 heavy (non-hydrogen) atoms. The molecule has 1 amide bonds. The van der Waals surface area contributed by atoms with Gasteiger partial charge in [0.15, 0.2) is 0 Å². The van der Waals surface area contributed by atoms with Gasteiger partial charge in [-0.15, -0.1) is 0 Å². The van der Waals surface area contributed by atoms with Crippen molar-refractivity contribution in [3.63, 3.8) is 0 Å². The highest BCUT2D eigenvalue weighted by Crippen LogP contribution is 2.24. The van der Waals surface area contributed by atoms with E-state index in [1.807, 2.05) is 0 Å². The zero-order valence-electron chi connectivity index (χ0n) is 10.5. The van der Waals surface area contributed by atoms with Gasteiger partial charge in [0, 0.05) is 12.6 Å². The Bertz CT molecular complexity index is 457. The third-order valence-corrected chi connectivity index (χ3v) is 3.61. The van der Waals surface area contributed by atoms with Crippen molar-refractivity contribution >= 4 is 5.91 Å². The first kappa shape index (κ1) is 13.9. The normalized spacial score (nSPS) is 23.1. The lowest BCUT2D eigenvalue weighted by Crippen LogP contribution is -2.38. The molecule has 0 atom stereocenters. The summed E-state index contributed by atoms with van der Waals surface area (Å²) in [6, 6.07) is 2.81. The molecule has 0 heterocycles. The number of halogens is 2. The van der Waals surface area contributed by atoms with E-state index in [9.17, 15) is 13.6 Å². The van der Waals surface area contributed by atoms with Crippen molar-refractivity contribution < 1.29 is 18.7 Å². The fourth-order valence-corrected chi connectivity index (χ4v) is 2.42. The van der Waals surface area contributed by atoms with Crippen LogP contribution in [0.25, 0.3) is 0 Å². The molecule has 3 nitrogen and oxygen atoms in total. The second-order valence-corrected chi connectivity index (χ2v) is 5.00. The Labute approximate surface area is 110 Å². The Balaban J connectivity index is 1.96. The Kier molecular flexibility index (Phi) is 4.47. The average Bonchev–Trinajstić information content (AvgIpc) is 2.42. The van der Waals surface area contributed by atoms with Gasteiger partial charge in [-0.2, -0.15) is 0 Å². The van der Waals surface area contributed by atoms with E-state index < -0.39 is 17.5 Å². The zero-order valence-corrected chi connectivity index (χ0v) is 10.5. The van der Waals surface area contributed by atoms with Crippen LogP contribution >= 0.6 is 0 Å². The maximum Gasteiger partial charge on any atom is 0.254 e. The van der Waals surface area contributed by atoms with E-state index in [1.54, 1.807) is 0 Å². The average molecular weight is 269 g/mol. The highest BCUT2D eigenvalue weighted by molar-refractivity contribution is 5.94. The molecule has 0 radical (unpaired) electrons. The van der Waals surface area contributed by atoms with Gasteiger partial charge in [0.2, 0.25) is 0 Å². The van der Waals surface area contributed by atoms with Gasteiger partial charge in [-0.05, 0) is 49.8 Å². The van der Waals surface area contributed by atoms with Crippen LogP contribution < -0.4 is 5.32 Å². The Morgan fingerprint density at radius 3 is 2.58 bits per heavy atom. The summed E-state index contributed by atoms with van der Waals surface area (Å²) in [5.41, 5.74) is -0.260. The standard InChI is InChI=1S/C14H17F2NO2/c15-10-3-6-13(16)12(7-10)14(19)17-11-4-1-9(8-18)2-5-11/h3,6-7,9,11,18H,1-2,4-5,8H2,(H,17,19). The molecule has 2 N–H and O–H groups in total. The largest absolute Gasteiger partial charge is 0.396 e. The molecular weight excluding hydrogens is 252 g/mol. The van der Waals surface area contributed by atoms with Gasteiger partial charge in [-0.25, -0.2) is 8.78 Å². The first-order valence-corrected chi connectivity index (χ1v) is 6.47. The van der Waals surface area contributed by atoms with Crippen LogP contribution in [0.3, 0.4) is 0 Å². The monoisotopic (exact) mass is 269 g/mol. The summed E-state index contributed by atoms with van der Waals surface area (Å²) in [5.74, 6) is -1.64. The lowest BCUT2D eigenvalue weighted by atomic mass is 9.86. The Hall–Kier alpha value is -1.49. The van der Waals surface area contributed by atoms with E-state index in [0.717, 1.165) is 43.9 Å². The molecule has 1 aromatic rings. The molecule has 5 heteroatoms. The van der Waals surface area contributed by atoms with E-state index in [1.165, 1.54) is 0 Å². The molecule has 2 rings (SSSR count). The summed E-state index contributed by atoms with van der Waals surface area (Å²) >= 11 is 0. The molecule has 1 aliphatic carbocycles. The highest BCUT2D eigenvalue weighted by atomic mass is 19.1. The van der Waals surface area contributed by atoms with Gasteiger partial charge in [0.05, 0.1) is 5.56 Å². The number of amides is 1. The van der Waals surface area contributed by atoms with Crippen molar-refractivity contribution in [3.05, 3.63) is 35.4 Å². The summed E-state index contributed by atoms with van der Waals surface area (Å²) in [6.07, 6.45) is 3.20. The fraction of sp³-hybridized carbons (Fsp3) is 0.500. The number of carbonyl (C=O) groups excluding carboxylic acids is 1. The predicted molar refractivity (Wildman–Crippen MR) is 66.7 cm³/mol. The van der Waals surface area contributed by atoms with E-state index in [-0.39, 0.29) is 18.2 Å². The minimum Gasteiger partial charge on any atom is -0.396 e. The van der Waals surface area contributed by atoms with Gasteiger partial charge >= 0.3 is 0 Å². The molecule has 1 aliphatic rings. The molecule has 0 saturated heterocycles. The van der Waals surface area contributed by atoms with Crippen LogP contribution in [0.5, 0.6) is 0 Å². The van der Waals surface area contributed by atoms with E-state index in [2.05, 4.69) is 5.32 Å². The van der Waals surface area contributed by atoms with Gasteiger partial charge in [-0.1, -0.05) is 0 Å². The van der Waals surface area contributed by atoms with Crippen LogP contribution in [0.1, 0.15) is 36.0 Å². The predicted octanol–water partition coefficient (Wildman–Crippen LogP) is 2.25. The van der Waals surface area contributed by atoms with Crippen molar-refractivity contribution in [1.82, 2.24) is 5.32 Å². The van der Waals surface area contributed by atoms with Gasteiger partial charge in [-0.3, -0.25) is 4.79 Å². The van der Waals surface area contributed by atoms with Crippen LogP contribution in [0.2, 0.25) is 0 Å². The van der Waals surface area contributed by atoms with Crippen molar-refractivity contribution in [2.45, 2.75) is 31.7 Å². The number of rotatable bonds is 3. The molecule has 0 bridgehead atoms. The van der Waals surface area contributed by atoms with Gasteiger partial charge in [0.1, 0.15) is 11.6 Å².